The molecule has 0 heterocycles. The summed E-state index contributed by atoms with van der Waals surface area (Å²) in [5, 5.41) is 0. The Balaban J connectivity index is 3.36. The number of benzene rings is 1. The molecule has 0 aliphatic heterocycles. The molecule has 1 aromatic rings. The highest BCUT2D eigenvalue weighted by Crippen LogP contribution is 2.25. The first kappa shape index (κ1) is 16.5. The summed E-state index contributed by atoms with van der Waals surface area (Å²) in [7, 11) is -1.83. The molecule has 1 aromatic carbocycles. The lowest BCUT2D eigenvalue weighted by atomic mass is 10.1. The third kappa shape index (κ3) is 3.30. The van der Waals surface area contributed by atoms with E-state index in [1.807, 2.05) is 33.8 Å². The van der Waals surface area contributed by atoms with Crippen LogP contribution in [0.2, 0.25) is 0 Å². The van der Waals surface area contributed by atoms with Crippen molar-refractivity contribution in [3.63, 3.8) is 0 Å². The highest BCUT2D eigenvalue weighted by Gasteiger charge is 2.26. The molecular formula is C14H22ClNO2S. The van der Waals surface area contributed by atoms with Crippen molar-refractivity contribution in [2.45, 2.75) is 50.9 Å². The summed E-state index contributed by atoms with van der Waals surface area (Å²) in [6, 6.07) is 3.56. The molecule has 0 amide bonds. The lowest BCUT2D eigenvalue weighted by Crippen LogP contribution is -2.35. The number of aryl methyl sites for hydroxylation is 2. The highest BCUT2D eigenvalue weighted by atomic mass is 35.5. The number of hydrogen-bond acceptors (Lipinski definition) is 2. The average Bonchev–Trinajstić information content (AvgIpc) is 2.36. The van der Waals surface area contributed by atoms with Gasteiger partial charge in [-0.2, -0.15) is 4.31 Å². The minimum absolute atomic E-state index is 0.0230. The lowest BCUT2D eigenvalue weighted by molar-refractivity contribution is 0.380. The fourth-order valence-electron chi connectivity index (χ4n) is 1.95. The Kier molecular flexibility index (Phi) is 5.42. The van der Waals surface area contributed by atoms with Crippen molar-refractivity contribution >= 4 is 21.6 Å². The summed E-state index contributed by atoms with van der Waals surface area (Å²) >= 11 is 5.87. The molecule has 0 saturated carbocycles. The Morgan fingerprint density at radius 2 is 1.84 bits per heavy atom. The van der Waals surface area contributed by atoms with Crippen LogP contribution in [0.1, 0.15) is 37.0 Å². The van der Waals surface area contributed by atoms with Crippen LogP contribution in [-0.2, 0) is 15.9 Å². The van der Waals surface area contributed by atoms with Crippen molar-refractivity contribution in [1.82, 2.24) is 4.31 Å². The maximum Gasteiger partial charge on any atom is 0.243 e. The van der Waals surface area contributed by atoms with Crippen LogP contribution >= 0.6 is 11.6 Å². The number of hydrogen-bond donors (Lipinski definition) is 0. The predicted molar refractivity (Wildman–Crippen MR) is 80.2 cm³/mol. The molecule has 0 aromatic heterocycles. The number of nitrogens with zero attached hydrogens (tertiary/aromatic N) is 1. The van der Waals surface area contributed by atoms with Crippen molar-refractivity contribution in [1.29, 1.82) is 0 Å². The molecule has 1 unspecified atom stereocenters. The largest absolute Gasteiger partial charge is 0.243 e. The van der Waals surface area contributed by atoms with Gasteiger partial charge in [0.1, 0.15) is 0 Å². The van der Waals surface area contributed by atoms with E-state index >= 15 is 0 Å². The zero-order valence-corrected chi connectivity index (χ0v) is 13.8. The molecule has 5 heteroatoms. The van der Waals surface area contributed by atoms with Crippen molar-refractivity contribution in [3.8, 4) is 0 Å². The van der Waals surface area contributed by atoms with Crippen LogP contribution in [0.5, 0.6) is 0 Å². The van der Waals surface area contributed by atoms with Crippen LogP contribution in [0.25, 0.3) is 0 Å². The van der Waals surface area contributed by atoms with E-state index in [9.17, 15) is 8.42 Å². The first-order valence-electron chi connectivity index (χ1n) is 6.39. The van der Waals surface area contributed by atoms with Crippen LogP contribution < -0.4 is 0 Å². The second kappa shape index (κ2) is 6.25. The molecule has 0 aliphatic rings. The molecule has 1 rings (SSSR count). The van der Waals surface area contributed by atoms with Gasteiger partial charge in [-0.1, -0.05) is 13.0 Å². The molecule has 0 fully saturated rings. The molecule has 19 heavy (non-hydrogen) atoms. The summed E-state index contributed by atoms with van der Waals surface area (Å²) in [6.45, 7) is 7.65. The molecule has 1 atom stereocenters. The maximum atomic E-state index is 12.6. The van der Waals surface area contributed by atoms with Gasteiger partial charge in [-0.3, -0.25) is 0 Å². The van der Waals surface area contributed by atoms with Crippen LogP contribution in [0.4, 0.5) is 0 Å². The second-order valence-corrected chi connectivity index (χ2v) is 7.19. The van der Waals surface area contributed by atoms with Crippen LogP contribution in [-0.4, -0.2) is 25.8 Å². The van der Waals surface area contributed by atoms with E-state index < -0.39 is 10.0 Å². The summed E-state index contributed by atoms with van der Waals surface area (Å²) in [6.07, 6.45) is 0.781. The first-order valence-corrected chi connectivity index (χ1v) is 8.37. The molecule has 0 radical (unpaired) electrons. The SMILES string of the molecule is CCC(C)N(C)S(=O)(=O)c1cc(CCl)c(C)cc1C. The van der Waals surface area contributed by atoms with Gasteiger partial charge in [0.25, 0.3) is 0 Å². The van der Waals surface area contributed by atoms with Gasteiger partial charge in [0, 0.05) is 19.0 Å². The van der Waals surface area contributed by atoms with E-state index in [2.05, 4.69) is 0 Å². The molecule has 0 spiro atoms. The van der Waals surface area contributed by atoms with E-state index in [1.54, 1.807) is 13.1 Å². The van der Waals surface area contributed by atoms with Crippen LogP contribution in [0.3, 0.4) is 0 Å². The number of halogens is 1. The van der Waals surface area contributed by atoms with Gasteiger partial charge in [-0.15, -0.1) is 11.6 Å². The van der Waals surface area contributed by atoms with E-state index in [1.165, 1.54) is 4.31 Å². The van der Waals surface area contributed by atoms with Gasteiger partial charge >= 0.3 is 0 Å². The second-order valence-electron chi connectivity index (χ2n) is 4.96. The van der Waals surface area contributed by atoms with Crippen LogP contribution in [0, 0.1) is 13.8 Å². The van der Waals surface area contributed by atoms with E-state index in [4.69, 9.17) is 11.6 Å². The molecule has 3 nitrogen and oxygen atoms in total. The molecule has 0 bridgehead atoms. The quantitative estimate of drug-likeness (QED) is 0.781. The normalized spacial score (nSPS) is 13.8. The average molecular weight is 304 g/mol. The minimum atomic E-state index is -3.46. The maximum absolute atomic E-state index is 12.6. The number of alkyl halides is 1. The highest BCUT2D eigenvalue weighted by molar-refractivity contribution is 7.89. The Morgan fingerprint density at radius 1 is 1.26 bits per heavy atom. The Bertz CT molecular complexity index is 555. The van der Waals surface area contributed by atoms with Gasteiger partial charge in [0.05, 0.1) is 4.90 Å². The van der Waals surface area contributed by atoms with Crippen LogP contribution in [0.15, 0.2) is 17.0 Å². The predicted octanol–water partition coefficient (Wildman–Crippen LogP) is 3.46. The topological polar surface area (TPSA) is 37.4 Å². The fraction of sp³-hybridized carbons (Fsp3) is 0.571. The fourth-order valence-corrected chi connectivity index (χ4v) is 3.92. The minimum Gasteiger partial charge on any atom is -0.207 e. The molecule has 0 saturated heterocycles. The summed E-state index contributed by atoms with van der Waals surface area (Å²) in [5.41, 5.74) is 2.66. The zero-order valence-electron chi connectivity index (χ0n) is 12.2. The summed E-state index contributed by atoms with van der Waals surface area (Å²) in [4.78, 5) is 0.358. The van der Waals surface area contributed by atoms with Crippen molar-refractivity contribution in [2.24, 2.45) is 0 Å². The summed E-state index contributed by atoms with van der Waals surface area (Å²) in [5.74, 6) is 0.321. The number of rotatable bonds is 5. The third-order valence-corrected chi connectivity index (χ3v) is 6.05. The summed E-state index contributed by atoms with van der Waals surface area (Å²) < 4.78 is 26.7. The Labute approximate surface area is 121 Å². The Hall–Kier alpha value is -0.580. The smallest absolute Gasteiger partial charge is 0.207 e. The molecule has 0 N–H and O–H groups in total. The Morgan fingerprint density at radius 3 is 2.32 bits per heavy atom. The number of sulfonamides is 1. The zero-order chi connectivity index (χ0) is 14.8. The molecule has 0 aliphatic carbocycles. The standard InChI is InChI=1S/C14H22ClNO2S/c1-6-12(4)16(5)19(17,18)14-8-13(9-15)10(2)7-11(14)3/h7-8,12H,6,9H2,1-5H3. The third-order valence-electron chi connectivity index (χ3n) is 3.65. The van der Waals surface area contributed by atoms with Crippen molar-refractivity contribution < 1.29 is 8.42 Å². The van der Waals surface area contributed by atoms with Gasteiger partial charge < -0.3 is 0 Å². The van der Waals surface area contributed by atoms with Gasteiger partial charge in [0.15, 0.2) is 0 Å². The lowest BCUT2D eigenvalue weighted by Gasteiger charge is -2.24. The molecular weight excluding hydrogens is 282 g/mol. The van der Waals surface area contributed by atoms with Gasteiger partial charge in [-0.25, -0.2) is 8.42 Å². The van der Waals surface area contributed by atoms with Gasteiger partial charge in [-0.05, 0) is 49.9 Å². The monoisotopic (exact) mass is 303 g/mol. The van der Waals surface area contributed by atoms with Crippen molar-refractivity contribution in [3.05, 3.63) is 28.8 Å². The van der Waals surface area contributed by atoms with E-state index in [-0.39, 0.29) is 6.04 Å². The first-order chi connectivity index (χ1) is 8.75. The molecule has 108 valence electrons. The van der Waals surface area contributed by atoms with E-state index in [0.717, 1.165) is 23.1 Å². The van der Waals surface area contributed by atoms with Gasteiger partial charge in [0.2, 0.25) is 10.0 Å². The van der Waals surface area contributed by atoms with E-state index in [0.29, 0.717) is 10.8 Å². The van der Waals surface area contributed by atoms with Crippen molar-refractivity contribution in [2.75, 3.05) is 7.05 Å².